The first-order valence-corrected chi connectivity index (χ1v) is 8.19. The molecule has 0 amide bonds. The Kier molecular flexibility index (Phi) is 3.62. The molecule has 116 valence electrons. The summed E-state index contributed by atoms with van der Waals surface area (Å²) in [5, 5.41) is 0.630. The summed E-state index contributed by atoms with van der Waals surface area (Å²) in [6.45, 7) is 2.24. The lowest BCUT2D eigenvalue weighted by Gasteiger charge is -2.28. The van der Waals surface area contributed by atoms with E-state index in [1.807, 2.05) is 36.4 Å². The van der Waals surface area contributed by atoms with Gasteiger partial charge in [0.05, 0.1) is 10.9 Å². The standard InChI is InChI=1S/C20H19NO2/c22-20-17-6-2-3-7-19(17)23-14-18(20)15-8-10-16(11-9-15)21-12-4-1-5-13-21/h2-3,6-11,14H,1,4-5,12-13H2. The second-order valence-electron chi connectivity index (χ2n) is 6.07. The Labute approximate surface area is 135 Å². The van der Waals surface area contributed by atoms with E-state index in [9.17, 15) is 4.79 Å². The number of fused-ring (bicyclic) bond motifs is 1. The van der Waals surface area contributed by atoms with Gasteiger partial charge in [0.2, 0.25) is 0 Å². The van der Waals surface area contributed by atoms with Gasteiger partial charge in [-0.2, -0.15) is 0 Å². The Balaban J connectivity index is 1.70. The van der Waals surface area contributed by atoms with Crippen LogP contribution < -0.4 is 10.3 Å². The third-order valence-electron chi connectivity index (χ3n) is 4.58. The van der Waals surface area contributed by atoms with Crippen molar-refractivity contribution in [2.45, 2.75) is 19.3 Å². The highest BCUT2D eigenvalue weighted by Gasteiger charge is 2.12. The molecule has 1 saturated heterocycles. The summed E-state index contributed by atoms with van der Waals surface area (Å²) in [7, 11) is 0. The van der Waals surface area contributed by atoms with Crippen molar-refractivity contribution >= 4 is 16.7 Å². The molecule has 0 radical (unpaired) electrons. The van der Waals surface area contributed by atoms with Gasteiger partial charge in [0.15, 0.2) is 5.43 Å². The third kappa shape index (κ3) is 2.63. The Morgan fingerprint density at radius 3 is 2.39 bits per heavy atom. The van der Waals surface area contributed by atoms with Crippen molar-refractivity contribution in [3.63, 3.8) is 0 Å². The van der Waals surface area contributed by atoms with Crippen LogP contribution in [-0.4, -0.2) is 13.1 Å². The first-order chi connectivity index (χ1) is 11.3. The zero-order valence-corrected chi connectivity index (χ0v) is 13.0. The summed E-state index contributed by atoms with van der Waals surface area (Å²) < 4.78 is 5.61. The van der Waals surface area contributed by atoms with Crippen molar-refractivity contribution < 1.29 is 4.42 Å². The van der Waals surface area contributed by atoms with Crippen LogP contribution in [0.4, 0.5) is 5.69 Å². The van der Waals surface area contributed by atoms with Gasteiger partial charge in [-0.25, -0.2) is 0 Å². The minimum Gasteiger partial charge on any atom is -0.463 e. The molecule has 3 aromatic rings. The van der Waals surface area contributed by atoms with Crippen molar-refractivity contribution in [2.24, 2.45) is 0 Å². The molecule has 1 aliphatic heterocycles. The number of hydrogen-bond acceptors (Lipinski definition) is 3. The quantitative estimate of drug-likeness (QED) is 0.701. The Morgan fingerprint density at radius 1 is 0.870 bits per heavy atom. The van der Waals surface area contributed by atoms with E-state index >= 15 is 0 Å². The minimum atomic E-state index is 0.0255. The van der Waals surface area contributed by atoms with E-state index in [0.29, 0.717) is 16.5 Å². The molecule has 0 saturated carbocycles. The molecule has 0 bridgehead atoms. The molecule has 0 spiro atoms. The molecule has 1 fully saturated rings. The van der Waals surface area contributed by atoms with Crippen LogP contribution in [0.3, 0.4) is 0 Å². The fraction of sp³-hybridized carbons (Fsp3) is 0.250. The van der Waals surface area contributed by atoms with E-state index in [-0.39, 0.29) is 5.43 Å². The molecule has 0 atom stereocenters. The smallest absolute Gasteiger partial charge is 0.200 e. The van der Waals surface area contributed by atoms with Crippen LogP contribution in [0.5, 0.6) is 0 Å². The van der Waals surface area contributed by atoms with Gasteiger partial charge in [0, 0.05) is 18.8 Å². The molecule has 1 aromatic heterocycles. The van der Waals surface area contributed by atoms with Gasteiger partial charge >= 0.3 is 0 Å². The summed E-state index contributed by atoms with van der Waals surface area (Å²) in [5.74, 6) is 0. The van der Waals surface area contributed by atoms with Gasteiger partial charge in [0.1, 0.15) is 11.8 Å². The zero-order valence-electron chi connectivity index (χ0n) is 13.0. The van der Waals surface area contributed by atoms with E-state index in [1.54, 1.807) is 6.26 Å². The molecule has 0 N–H and O–H groups in total. The average Bonchev–Trinajstić information content (AvgIpc) is 2.63. The van der Waals surface area contributed by atoms with Crippen molar-refractivity contribution in [1.82, 2.24) is 0 Å². The van der Waals surface area contributed by atoms with E-state index in [2.05, 4.69) is 17.0 Å². The van der Waals surface area contributed by atoms with E-state index in [1.165, 1.54) is 24.9 Å². The van der Waals surface area contributed by atoms with Gasteiger partial charge in [0.25, 0.3) is 0 Å². The number of piperidine rings is 1. The minimum absolute atomic E-state index is 0.0255. The van der Waals surface area contributed by atoms with E-state index in [4.69, 9.17) is 4.42 Å². The third-order valence-corrected chi connectivity index (χ3v) is 4.58. The van der Waals surface area contributed by atoms with Crippen LogP contribution in [0.1, 0.15) is 19.3 Å². The van der Waals surface area contributed by atoms with Gasteiger partial charge in [-0.05, 0) is 49.1 Å². The lowest BCUT2D eigenvalue weighted by molar-refractivity contribution is 0.578. The first kappa shape index (κ1) is 14.1. The topological polar surface area (TPSA) is 33.5 Å². The number of rotatable bonds is 2. The molecule has 3 nitrogen and oxygen atoms in total. The molecule has 4 rings (SSSR count). The summed E-state index contributed by atoms with van der Waals surface area (Å²) >= 11 is 0. The molecular weight excluding hydrogens is 286 g/mol. The molecule has 0 aliphatic carbocycles. The second-order valence-corrected chi connectivity index (χ2v) is 6.07. The molecule has 1 aliphatic rings. The Morgan fingerprint density at radius 2 is 1.61 bits per heavy atom. The average molecular weight is 305 g/mol. The van der Waals surface area contributed by atoms with Crippen molar-refractivity contribution in [3.8, 4) is 11.1 Å². The zero-order chi connectivity index (χ0) is 15.6. The SMILES string of the molecule is O=c1c(-c2ccc(N3CCCCC3)cc2)coc2ccccc12. The monoisotopic (exact) mass is 305 g/mol. The first-order valence-electron chi connectivity index (χ1n) is 8.19. The largest absolute Gasteiger partial charge is 0.463 e. The summed E-state index contributed by atoms with van der Waals surface area (Å²) in [6, 6.07) is 15.6. The Bertz CT molecular complexity index is 874. The van der Waals surface area contributed by atoms with Crippen molar-refractivity contribution in [3.05, 3.63) is 65.0 Å². The highest BCUT2D eigenvalue weighted by atomic mass is 16.3. The number of nitrogens with zero attached hydrogens (tertiary/aromatic N) is 1. The maximum Gasteiger partial charge on any atom is 0.200 e. The predicted octanol–water partition coefficient (Wildman–Crippen LogP) is 4.45. The van der Waals surface area contributed by atoms with Gasteiger partial charge in [-0.3, -0.25) is 4.79 Å². The van der Waals surface area contributed by atoms with Crippen LogP contribution in [0, 0.1) is 0 Å². The number of benzene rings is 2. The summed E-state index contributed by atoms with van der Waals surface area (Å²) in [4.78, 5) is 15.1. The summed E-state index contributed by atoms with van der Waals surface area (Å²) in [5.41, 5.74) is 3.42. The predicted molar refractivity (Wildman–Crippen MR) is 94.0 cm³/mol. The van der Waals surface area contributed by atoms with Crippen LogP contribution in [0.2, 0.25) is 0 Å². The van der Waals surface area contributed by atoms with Crippen LogP contribution in [0.25, 0.3) is 22.1 Å². The highest BCUT2D eigenvalue weighted by Crippen LogP contribution is 2.25. The highest BCUT2D eigenvalue weighted by molar-refractivity contribution is 5.81. The molecule has 2 heterocycles. The molecule has 0 unspecified atom stereocenters. The number of hydrogen-bond donors (Lipinski definition) is 0. The molecule has 3 heteroatoms. The second kappa shape index (κ2) is 5.92. The van der Waals surface area contributed by atoms with Crippen LogP contribution in [0.15, 0.2) is 64.0 Å². The molecular formula is C20H19NO2. The van der Waals surface area contributed by atoms with Crippen molar-refractivity contribution in [1.29, 1.82) is 0 Å². The fourth-order valence-corrected chi connectivity index (χ4v) is 3.28. The van der Waals surface area contributed by atoms with E-state index < -0.39 is 0 Å². The normalized spacial score (nSPS) is 15.0. The van der Waals surface area contributed by atoms with Gasteiger partial charge in [-0.15, -0.1) is 0 Å². The maximum absolute atomic E-state index is 12.6. The van der Waals surface area contributed by atoms with E-state index in [0.717, 1.165) is 18.7 Å². The van der Waals surface area contributed by atoms with Crippen molar-refractivity contribution in [2.75, 3.05) is 18.0 Å². The number of anilines is 1. The van der Waals surface area contributed by atoms with Crippen LogP contribution >= 0.6 is 0 Å². The molecule has 23 heavy (non-hydrogen) atoms. The Hall–Kier alpha value is -2.55. The fourth-order valence-electron chi connectivity index (χ4n) is 3.28. The lowest BCUT2D eigenvalue weighted by atomic mass is 10.0. The summed E-state index contributed by atoms with van der Waals surface area (Å²) in [6.07, 6.45) is 5.42. The maximum atomic E-state index is 12.6. The lowest BCUT2D eigenvalue weighted by Crippen LogP contribution is -2.29. The molecule has 2 aromatic carbocycles. The number of para-hydroxylation sites is 1. The van der Waals surface area contributed by atoms with Crippen LogP contribution in [-0.2, 0) is 0 Å². The van der Waals surface area contributed by atoms with Gasteiger partial charge < -0.3 is 9.32 Å². The van der Waals surface area contributed by atoms with Gasteiger partial charge in [-0.1, -0.05) is 24.3 Å².